The van der Waals surface area contributed by atoms with E-state index in [1.54, 1.807) is 6.92 Å². The van der Waals surface area contributed by atoms with Crippen LogP contribution in [0.1, 0.15) is 13.3 Å². The lowest BCUT2D eigenvalue weighted by Gasteiger charge is -2.31. The number of rotatable bonds is 4. The van der Waals surface area contributed by atoms with Crippen molar-refractivity contribution in [2.24, 2.45) is 11.8 Å². The van der Waals surface area contributed by atoms with E-state index in [4.69, 9.17) is 0 Å². The van der Waals surface area contributed by atoms with E-state index in [1.165, 1.54) is 4.90 Å². The summed E-state index contributed by atoms with van der Waals surface area (Å²) in [5.74, 6) is -0.367. The Kier molecular flexibility index (Phi) is 2.55. The van der Waals surface area contributed by atoms with E-state index in [9.17, 15) is 14.7 Å². The van der Waals surface area contributed by atoms with Gasteiger partial charge in [-0.15, -0.1) is 0 Å². The summed E-state index contributed by atoms with van der Waals surface area (Å²) in [6.45, 7) is 2.19. The highest BCUT2D eigenvalue weighted by Crippen LogP contribution is 2.47. The first-order chi connectivity index (χ1) is 7.32. The summed E-state index contributed by atoms with van der Waals surface area (Å²) in [4.78, 5) is 26.5. The van der Waals surface area contributed by atoms with Crippen LogP contribution < -0.4 is 0 Å². The van der Waals surface area contributed by atoms with Crippen LogP contribution in [-0.4, -0.2) is 59.5 Å². The number of imide groups is 1. The summed E-state index contributed by atoms with van der Waals surface area (Å²) in [7, 11) is 3.69. The molecule has 1 N–H and O–H groups in total. The molecule has 0 radical (unpaired) electrons. The van der Waals surface area contributed by atoms with Gasteiger partial charge in [0.15, 0.2) is 0 Å². The van der Waals surface area contributed by atoms with Crippen LogP contribution >= 0.6 is 0 Å². The number of amides is 2. The van der Waals surface area contributed by atoms with E-state index in [0.717, 1.165) is 0 Å². The number of likely N-dealkylation sites (N-methyl/N-ethyl adjacent to an activating group) is 1. The number of carbonyl (C=O) groups is 2. The molecule has 2 fully saturated rings. The van der Waals surface area contributed by atoms with Crippen molar-refractivity contribution in [3.8, 4) is 0 Å². The number of aliphatic hydroxyl groups is 1. The minimum atomic E-state index is -1.04. The molecule has 5 nitrogen and oxygen atoms in total. The number of β-amino-alcohol motifs (C(OH)–C–C–N with tert-alkyl or cyclic N) is 1. The second kappa shape index (κ2) is 3.53. The Morgan fingerprint density at radius 2 is 1.88 bits per heavy atom. The van der Waals surface area contributed by atoms with Crippen LogP contribution in [0.15, 0.2) is 0 Å². The van der Waals surface area contributed by atoms with Crippen molar-refractivity contribution in [3.05, 3.63) is 0 Å². The van der Waals surface area contributed by atoms with Gasteiger partial charge < -0.3 is 10.0 Å². The van der Waals surface area contributed by atoms with Gasteiger partial charge in [-0.1, -0.05) is 0 Å². The van der Waals surface area contributed by atoms with Gasteiger partial charge in [0.05, 0.1) is 24.0 Å². The molecule has 2 amide bonds. The average molecular weight is 226 g/mol. The van der Waals surface area contributed by atoms with Crippen LogP contribution in [0.2, 0.25) is 0 Å². The molecule has 0 aromatic carbocycles. The molecule has 0 bridgehead atoms. The number of hydrogen-bond acceptors (Lipinski definition) is 4. The Morgan fingerprint density at radius 1 is 1.38 bits per heavy atom. The standard InChI is InChI=1S/C11H18N2O3/c1-11(16,5-12(2)3)6-13-9(14)7-4-8(7)10(13)15/h7-8,16H,4-6H2,1-3H3. The van der Waals surface area contributed by atoms with Crippen molar-refractivity contribution >= 4 is 11.8 Å². The van der Waals surface area contributed by atoms with Crippen LogP contribution in [0.4, 0.5) is 0 Å². The number of fused-ring (bicyclic) bond motifs is 1. The van der Waals surface area contributed by atoms with Crippen LogP contribution in [0.3, 0.4) is 0 Å². The Hall–Kier alpha value is -0.940. The van der Waals surface area contributed by atoms with Crippen LogP contribution in [0.25, 0.3) is 0 Å². The largest absolute Gasteiger partial charge is 0.387 e. The zero-order valence-electron chi connectivity index (χ0n) is 9.93. The third-order valence-electron chi connectivity index (χ3n) is 3.11. The first-order valence-electron chi connectivity index (χ1n) is 5.54. The molecule has 5 heteroatoms. The maximum atomic E-state index is 11.7. The van der Waals surface area contributed by atoms with Crippen LogP contribution in [-0.2, 0) is 9.59 Å². The normalized spacial score (nSPS) is 31.9. The number of piperidine rings is 1. The van der Waals surface area contributed by atoms with Gasteiger partial charge in [0.1, 0.15) is 0 Å². The van der Waals surface area contributed by atoms with E-state index >= 15 is 0 Å². The SMILES string of the molecule is CN(C)CC(C)(O)CN1C(=O)C2CC2C1=O. The van der Waals surface area contributed by atoms with E-state index in [0.29, 0.717) is 13.0 Å². The second-order valence-electron chi connectivity index (χ2n) is 5.45. The molecule has 0 aromatic heterocycles. The fourth-order valence-corrected chi connectivity index (χ4v) is 2.48. The summed E-state index contributed by atoms with van der Waals surface area (Å²) >= 11 is 0. The lowest BCUT2D eigenvalue weighted by molar-refractivity contribution is -0.145. The van der Waals surface area contributed by atoms with Crippen molar-refractivity contribution in [2.45, 2.75) is 18.9 Å². The Bertz CT molecular complexity index is 318. The molecule has 1 aliphatic heterocycles. The minimum Gasteiger partial charge on any atom is -0.387 e. The van der Waals surface area contributed by atoms with Gasteiger partial charge in [-0.25, -0.2) is 0 Å². The molecule has 1 saturated heterocycles. The zero-order chi connectivity index (χ0) is 12.1. The summed E-state index contributed by atoms with van der Waals surface area (Å²) < 4.78 is 0. The molecule has 2 rings (SSSR count). The fraction of sp³-hybridized carbons (Fsp3) is 0.818. The molecule has 2 aliphatic rings. The van der Waals surface area contributed by atoms with Gasteiger partial charge in [0.2, 0.25) is 11.8 Å². The topological polar surface area (TPSA) is 60.9 Å². The second-order valence-corrected chi connectivity index (χ2v) is 5.45. The summed E-state index contributed by atoms with van der Waals surface area (Å²) in [5.41, 5.74) is -1.04. The molecule has 16 heavy (non-hydrogen) atoms. The molecular formula is C11H18N2O3. The Balaban J connectivity index is 1.99. The number of likely N-dealkylation sites (tertiary alicyclic amines) is 1. The molecule has 1 heterocycles. The molecule has 0 spiro atoms. The van der Waals surface area contributed by atoms with Gasteiger partial charge in [-0.3, -0.25) is 14.5 Å². The lowest BCUT2D eigenvalue weighted by Crippen LogP contribution is -2.49. The summed E-state index contributed by atoms with van der Waals surface area (Å²) in [5, 5.41) is 10.1. The van der Waals surface area contributed by atoms with Gasteiger partial charge in [-0.05, 0) is 27.4 Å². The Labute approximate surface area is 95.0 Å². The molecule has 1 aliphatic carbocycles. The van der Waals surface area contributed by atoms with Crippen molar-refractivity contribution in [2.75, 3.05) is 27.2 Å². The summed E-state index contributed by atoms with van der Waals surface area (Å²) in [6, 6.07) is 0. The van der Waals surface area contributed by atoms with Crippen molar-refractivity contribution < 1.29 is 14.7 Å². The zero-order valence-corrected chi connectivity index (χ0v) is 9.93. The highest BCUT2D eigenvalue weighted by molar-refractivity contribution is 6.08. The lowest BCUT2D eigenvalue weighted by atomic mass is 10.1. The highest BCUT2D eigenvalue weighted by atomic mass is 16.3. The quantitative estimate of drug-likeness (QED) is 0.644. The average Bonchev–Trinajstić information content (AvgIpc) is 2.84. The first kappa shape index (κ1) is 11.5. The first-order valence-corrected chi connectivity index (χ1v) is 5.54. The molecule has 90 valence electrons. The molecule has 3 unspecified atom stereocenters. The number of carbonyl (C=O) groups excluding carboxylic acids is 2. The molecular weight excluding hydrogens is 208 g/mol. The predicted octanol–water partition coefficient (Wildman–Crippen LogP) is -0.696. The number of nitrogens with zero attached hydrogens (tertiary/aromatic N) is 2. The van der Waals surface area contributed by atoms with E-state index in [1.807, 2.05) is 19.0 Å². The Morgan fingerprint density at radius 3 is 2.31 bits per heavy atom. The molecule has 3 atom stereocenters. The highest BCUT2D eigenvalue weighted by Gasteiger charge is 2.59. The van der Waals surface area contributed by atoms with Gasteiger partial charge in [0, 0.05) is 6.54 Å². The third-order valence-corrected chi connectivity index (χ3v) is 3.11. The van der Waals surface area contributed by atoms with Crippen molar-refractivity contribution in [1.29, 1.82) is 0 Å². The summed E-state index contributed by atoms with van der Waals surface area (Å²) in [6.07, 6.45) is 0.712. The maximum absolute atomic E-state index is 11.7. The molecule has 1 saturated carbocycles. The minimum absolute atomic E-state index is 0.0809. The van der Waals surface area contributed by atoms with E-state index in [2.05, 4.69) is 0 Å². The van der Waals surface area contributed by atoms with E-state index < -0.39 is 5.60 Å². The monoisotopic (exact) mass is 226 g/mol. The maximum Gasteiger partial charge on any atom is 0.233 e. The fourth-order valence-electron chi connectivity index (χ4n) is 2.48. The van der Waals surface area contributed by atoms with Gasteiger partial charge >= 0.3 is 0 Å². The third kappa shape index (κ3) is 1.97. The van der Waals surface area contributed by atoms with Crippen molar-refractivity contribution in [1.82, 2.24) is 9.80 Å². The van der Waals surface area contributed by atoms with Crippen LogP contribution in [0, 0.1) is 11.8 Å². The molecule has 0 aromatic rings. The predicted molar refractivity (Wildman–Crippen MR) is 57.5 cm³/mol. The van der Waals surface area contributed by atoms with Crippen molar-refractivity contribution in [3.63, 3.8) is 0 Å². The van der Waals surface area contributed by atoms with Gasteiger partial charge in [0.25, 0.3) is 0 Å². The van der Waals surface area contributed by atoms with Crippen LogP contribution in [0.5, 0.6) is 0 Å². The smallest absolute Gasteiger partial charge is 0.233 e. The number of hydrogen-bond donors (Lipinski definition) is 1. The van der Waals surface area contributed by atoms with Gasteiger partial charge in [-0.2, -0.15) is 0 Å². The van der Waals surface area contributed by atoms with E-state index in [-0.39, 0.29) is 30.2 Å².